The summed E-state index contributed by atoms with van der Waals surface area (Å²) < 4.78 is 33.1. The lowest BCUT2D eigenvalue weighted by molar-refractivity contribution is -0.0868. The minimum Gasteiger partial charge on any atom is -0.506 e. The summed E-state index contributed by atoms with van der Waals surface area (Å²) in [7, 11) is 0. The third kappa shape index (κ3) is 2.78. The van der Waals surface area contributed by atoms with Crippen molar-refractivity contribution in [1.82, 2.24) is 10.2 Å². The molecule has 0 bridgehead atoms. The highest BCUT2D eigenvalue weighted by atomic mass is 19.3. The second kappa shape index (κ2) is 5.52. The minimum absolute atomic E-state index is 0.0793. The second-order valence-corrected chi connectivity index (χ2v) is 6.02. The number of nitrogen functional groups attached to an aromatic ring is 1. The molecule has 0 radical (unpaired) electrons. The number of carbonyl (C=O) groups is 1. The molecule has 1 aromatic carbocycles. The van der Waals surface area contributed by atoms with Crippen LogP contribution in [0.15, 0.2) is 18.2 Å². The van der Waals surface area contributed by atoms with Gasteiger partial charge in [-0.2, -0.15) is 0 Å². The standard InChI is InChI=1S/C15H19F2N3O3/c16-15(17)8-19-13(22)20(9-15)14(3-5-23-6-4-14)10-1-2-12(21)11(18)7-10/h1-2,7,21H,3-6,8-9,18H2,(H,19,22). The molecule has 2 aliphatic heterocycles. The van der Waals surface area contributed by atoms with Crippen molar-refractivity contribution in [3.63, 3.8) is 0 Å². The number of hydrogen-bond donors (Lipinski definition) is 3. The first-order chi connectivity index (χ1) is 10.8. The number of phenolic OH excluding ortho intramolecular Hbond substituents is 1. The molecule has 2 aliphatic rings. The molecule has 23 heavy (non-hydrogen) atoms. The van der Waals surface area contributed by atoms with Gasteiger partial charge in [-0.05, 0) is 30.5 Å². The number of aromatic hydroxyl groups is 1. The average molecular weight is 327 g/mol. The third-order valence-electron chi connectivity index (χ3n) is 4.53. The summed E-state index contributed by atoms with van der Waals surface area (Å²) in [5, 5.41) is 11.9. The number of nitrogens with one attached hydrogen (secondary N) is 1. The monoisotopic (exact) mass is 327 g/mol. The molecule has 2 amide bonds. The number of nitrogens with zero attached hydrogens (tertiary/aromatic N) is 1. The lowest BCUT2D eigenvalue weighted by Crippen LogP contribution is -2.64. The van der Waals surface area contributed by atoms with Crippen molar-refractivity contribution in [2.24, 2.45) is 0 Å². The van der Waals surface area contributed by atoms with Crippen LogP contribution in [0.4, 0.5) is 19.3 Å². The van der Waals surface area contributed by atoms with Crippen LogP contribution < -0.4 is 11.1 Å². The number of rotatable bonds is 2. The van der Waals surface area contributed by atoms with Gasteiger partial charge in [-0.25, -0.2) is 13.6 Å². The second-order valence-electron chi connectivity index (χ2n) is 6.02. The Morgan fingerprint density at radius 2 is 2.00 bits per heavy atom. The molecule has 0 aromatic heterocycles. The molecule has 2 heterocycles. The van der Waals surface area contributed by atoms with Crippen LogP contribution in [0, 0.1) is 0 Å². The van der Waals surface area contributed by atoms with Gasteiger partial charge >= 0.3 is 6.03 Å². The van der Waals surface area contributed by atoms with Gasteiger partial charge in [0.25, 0.3) is 5.92 Å². The lowest BCUT2D eigenvalue weighted by atomic mass is 9.80. The predicted molar refractivity (Wildman–Crippen MR) is 79.3 cm³/mol. The summed E-state index contributed by atoms with van der Waals surface area (Å²) >= 11 is 0. The molecule has 2 saturated heterocycles. The van der Waals surface area contributed by atoms with Gasteiger partial charge in [-0.1, -0.05) is 6.07 Å². The molecule has 0 atom stereocenters. The van der Waals surface area contributed by atoms with E-state index in [1.165, 1.54) is 11.0 Å². The number of nitrogens with two attached hydrogens (primary N) is 1. The molecule has 0 spiro atoms. The van der Waals surface area contributed by atoms with Gasteiger partial charge in [0.2, 0.25) is 0 Å². The number of amides is 2. The molecular weight excluding hydrogens is 308 g/mol. The molecule has 0 aliphatic carbocycles. The number of benzene rings is 1. The van der Waals surface area contributed by atoms with E-state index in [1.807, 2.05) is 0 Å². The number of carbonyl (C=O) groups excluding carboxylic acids is 1. The molecular formula is C15H19F2N3O3. The van der Waals surface area contributed by atoms with Crippen LogP contribution in [-0.2, 0) is 10.3 Å². The Hall–Kier alpha value is -2.09. The zero-order valence-corrected chi connectivity index (χ0v) is 12.5. The van der Waals surface area contributed by atoms with Crippen molar-refractivity contribution >= 4 is 11.7 Å². The zero-order valence-electron chi connectivity index (χ0n) is 12.5. The number of phenols is 1. The summed E-state index contributed by atoms with van der Waals surface area (Å²) in [6.07, 6.45) is 0.779. The van der Waals surface area contributed by atoms with Crippen molar-refractivity contribution in [2.75, 3.05) is 32.0 Å². The van der Waals surface area contributed by atoms with Crippen LogP contribution in [-0.4, -0.2) is 48.3 Å². The maximum Gasteiger partial charge on any atom is 0.318 e. The van der Waals surface area contributed by atoms with Crippen molar-refractivity contribution in [1.29, 1.82) is 0 Å². The van der Waals surface area contributed by atoms with Crippen molar-refractivity contribution < 1.29 is 23.4 Å². The number of anilines is 1. The number of halogens is 2. The summed E-state index contributed by atoms with van der Waals surface area (Å²) in [4.78, 5) is 13.5. The highest BCUT2D eigenvalue weighted by Crippen LogP contribution is 2.42. The first-order valence-corrected chi connectivity index (χ1v) is 7.44. The normalized spacial score (nSPS) is 23.4. The first kappa shape index (κ1) is 15.8. The van der Waals surface area contributed by atoms with Crippen LogP contribution in [0.3, 0.4) is 0 Å². The summed E-state index contributed by atoms with van der Waals surface area (Å²) in [5.41, 5.74) is 5.61. The molecule has 2 fully saturated rings. The number of hydrogen-bond acceptors (Lipinski definition) is 4. The van der Waals surface area contributed by atoms with Gasteiger partial charge in [-0.3, -0.25) is 0 Å². The van der Waals surface area contributed by atoms with E-state index in [0.29, 0.717) is 31.6 Å². The van der Waals surface area contributed by atoms with Crippen LogP contribution in [0.5, 0.6) is 5.75 Å². The van der Waals surface area contributed by atoms with Crippen molar-refractivity contribution in [3.8, 4) is 5.75 Å². The van der Waals surface area contributed by atoms with Gasteiger partial charge in [0.05, 0.1) is 24.3 Å². The van der Waals surface area contributed by atoms with Crippen LogP contribution in [0.2, 0.25) is 0 Å². The van der Waals surface area contributed by atoms with E-state index < -0.39 is 30.6 Å². The fourth-order valence-corrected chi connectivity index (χ4v) is 3.27. The molecule has 4 N–H and O–H groups in total. The predicted octanol–water partition coefficient (Wildman–Crippen LogP) is 1.64. The van der Waals surface area contributed by atoms with E-state index >= 15 is 0 Å². The first-order valence-electron chi connectivity index (χ1n) is 7.44. The smallest absolute Gasteiger partial charge is 0.318 e. The molecule has 8 heteroatoms. The summed E-state index contributed by atoms with van der Waals surface area (Å²) in [5.74, 6) is -3.08. The van der Waals surface area contributed by atoms with E-state index in [2.05, 4.69) is 5.32 Å². The van der Waals surface area contributed by atoms with E-state index in [1.54, 1.807) is 12.1 Å². The van der Waals surface area contributed by atoms with Gasteiger partial charge in [0.15, 0.2) is 0 Å². The summed E-state index contributed by atoms with van der Waals surface area (Å²) in [6.45, 7) is -0.599. The maximum absolute atomic E-state index is 13.9. The molecule has 0 unspecified atom stereocenters. The molecule has 6 nitrogen and oxygen atoms in total. The SMILES string of the molecule is Nc1cc(C2(N3CC(F)(F)CNC3=O)CCOCC2)ccc1O. The topological polar surface area (TPSA) is 87.8 Å². The van der Waals surface area contributed by atoms with Crippen LogP contribution >= 0.6 is 0 Å². The molecule has 3 rings (SSSR count). The quantitative estimate of drug-likeness (QED) is 0.569. The highest BCUT2D eigenvalue weighted by molar-refractivity contribution is 5.77. The van der Waals surface area contributed by atoms with E-state index in [4.69, 9.17) is 10.5 Å². The fraction of sp³-hybridized carbons (Fsp3) is 0.533. The number of alkyl halides is 2. The van der Waals surface area contributed by atoms with E-state index in [0.717, 1.165) is 0 Å². The molecule has 126 valence electrons. The third-order valence-corrected chi connectivity index (χ3v) is 4.53. The van der Waals surface area contributed by atoms with Gasteiger partial charge < -0.3 is 25.8 Å². The maximum atomic E-state index is 13.9. The highest BCUT2D eigenvalue weighted by Gasteiger charge is 2.50. The Labute approximate surface area is 132 Å². The fourth-order valence-electron chi connectivity index (χ4n) is 3.27. The molecule has 0 saturated carbocycles. The number of urea groups is 1. The largest absolute Gasteiger partial charge is 0.506 e. The Balaban J connectivity index is 2.05. The molecule has 1 aromatic rings. The average Bonchev–Trinajstić information content (AvgIpc) is 2.53. The van der Waals surface area contributed by atoms with Crippen molar-refractivity contribution in [2.45, 2.75) is 24.3 Å². The van der Waals surface area contributed by atoms with Crippen LogP contribution in [0.25, 0.3) is 0 Å². The van der Waals surface area contributed by atoms with Gasteiger partial charge in [0, 0.05) is 13.2 Å². The Kier molecular flexibility index (Phi) is 3.79. The van der Waals surface area contributed by atoms with Crippen molar-refractivity contribution in [3.05, 3.63) is 23.8 Å². The van der Waals surface area contributed by atoms with E-state index in [-0.39, 0.29) is 11.4 Å². The van der Waals surface area contributed by atoms with Crippen LogP contribution in [0.1, 0.15) is 18.4 Å². The number of ether oxygens (including phenoxy) is 1. The van der Waals surface area contributed by atoms with E-state index in [9.17, 15) is 18.7 Å². The Morgan fingerprint density at radius 3 is 2.65 bits per heavy atom. The lowest BCUT2D eigenvalue weighted by Gasteiger charge is -2.49. The minimum atomic E-state index is -3.00. The van der Waals surface area contributed by atoms with Gasteiger partial charge in [0.1, 0.15) is 5.75 Å². The Bertz CT molecular complexity index is 618. The summed E-state index contributed by atoms with van der Waals surface area (Å²) in [6, 6.07) is 4.06. The zero-order chi connectivity index (χ0) is 16.7. The van der Waals surface area contributed by atoms with Gasteiger partial charge in [-0.15, -0.1) is 0 Å². The Morgan fingerprint density at radius 1 is 1.30 bits per heavy atom.